The van der Waals surface area contributed by atoms with E-state index >= 15 is 0 Å². The van der Waals surface area contributed by atoms with Crippen LogP contribution in [-0.2, 0) is 12.8 Å². The van der Waals surface area contributed by atoms with Crippen LogP contribution in [0.2, 0.25) is 0 Å². The van der Waals surface area contributed by atoms with Gasteiger partial charge in [0.2, 0.25) is 0 Å². The van der Waals surface area contributed by atoms with Gasteiger partial charge in [0, 0.05) is 6.42 Å². The molecule has 0 aliphatic carbocycles. The predicted octanol–water partition coefficient (Wildman–Crippen LogP) is 3.86. The molecule has 2 rings (SSSR count). The molecule has 0 saturated heterocycles. The Hall–Kier alpha value is -1.81. The molecule has 0 aliphatic heterocycles. The molecule has 0 aromatic heterocycles. The zero-order valence-electron chi connectivity index (χ0n) is 9.53. The van der Waals surface area contributed by atoms with E-state index in [1.807, 2.05) is 0 Å². The fourth-order valence-electron chi connectivity index (χ4n) is 2.20. The summed E-state index contributed by atoms with van der Waals surface area (Å²) in [6, 6.07) is 15.0. The smallest absolute Gasteiger partial charge is 0.0625 e. The maximum atomic E-state index is 8.68. The minimum absolute atomic E-state index is 0.594. The number of fused-ring (bicyclic) bond motifs is 1. The van der Waals surface area contributed by atoms with E-state index < -0.39 is 0 Å². The van der Waals surface area contributed by atoms with Crippen LogP contribution in [0.25, 0.3) is 10.8 Å². The van der Waals surface area contributed by atoms with Crippen LogP contribution in [-0.4, -0.2) is 0 Å². The zero-order chi connectivity index (χ0) is 11.4. The molecule has 2 aromatic rings. The van der Waals surface area contributed by atoms with Gasteiger partial charge in [-0.3, -0.25) is 0 Å². The highest BCUT2D eigenvalue weighted by Crippen LogP contribution is 2.24. The molecule has 0 atom stereocenters. The first-order valence-corrected chi connectivity index (χ1v) is 5.73. The highest BCUT2D eigenvalue weighted by molar-refractivity contribution is 5.88. The third-order valence-electron chi connectivity index (χ3n) is 2.96. The summed E-state index contributed by atoms with van der Waals surface area (Å²) in [5.41, 5.74) is 2.68. The van der Waals surface area contributed by atoms with Gasteiger partial charge in [-0.1, -0.05) is 43.3 Å². The molecule has 0 saturated carbocycles. The maximum absolute atomic E-state index is 8.68. The van der Waals surface area contributed by atoms with E-state index in [0.717, 1.165) is 12.8 Å². The van der Waals surface area contributed by atoms with Crippen molar-refractivity contribution in [3.8, 4) is 6.07 Å². The summed E-state index contributed by atoms with van der Waals surface area (Å²) in [4.78, 5) is 0. The van der Waals surface area contributed by atoms with Crippen LogP contribution in [0.1, 0.15) is 24.5 Å². The van der Waals surface area contributed by atoms with Gasteiger partial charge in [-0.15, -0.1) is 0 Å². The number of rotatable bonds is 3. The Balaban J connectivity index is 2.60. The van der Waals surface area contributed by atoms with E-state index in [4.69, 9.17) is 5.26 Å². The zero-order valence-corrected chi connectivity index (χ0v) is 9.53. The highest BCUT2D eigenvalue weighted by Gasteiger charge is 2.04. The quantitative estimate of drug-likeness (QED) is 0.753. The SMILES string of the molecule is CCc1cccc2cccc(CCC#N)c12. The topological polar surface area (TPSA) is 23.8 Å². The van der Waals surface area contributed by atoms with Crippen LogP contribution < -0.4 is 0 Å². The minimum Gasteiger partial charge on any atom is -0.198 e. The number of nitrogens with zero attached hydrogens (tertiary/aromatic N) is 1. The summed E-state index contributed by atoms with van der Waals surface area (Å²) in [6.45, 7) is 2.18. The summed E-state index contributed by atoms with van der Waals surface area (Å²) in [5.74, 6) is 0. The molecule has 0 fully saturated rings. The summed E-state index contributed by atoms with van der Waals surface area (Å²) < 4.78 is 0. The van der Waals surface area contributed by atoms with Gasteiger partial charge >= 0.3 is 0 Å². The lowest BCUT2D eigenvalue weighted by Gasteiger charge is -2.09. The maximum Gasteiger partial charge on any atom is 0.0625 e. The van der Waals surface area contributed by atoms with Crippen LogP contribution in [0.3, 0.4) is 0 Å². The molecule has 16 heavy (non-hydrogen) atoms. The Kier molecular flexibility index (Phi) is 3.22. The number of aryl methyl sites for hydroxylation is 2. The van der Waals surface area contributed by atoms with Gasteiger partial charge in [-0.2, -0.15) is 5.26 Å². The third kappa shape index (κ3) is 1.92. The van der Waals surface area contributed by atoms with Crippen LogP contribution in [0.5, 0.6) is 0 Å². The molecular formula is C15H15N. The summed E-state index contributed by atoms with van der Waals surface area (Å²) in [6.07, 6.45) is 2.49. The fourth-order valence-corrected chi connectivity index (χ4v) is 2.20. The lowest BCUT2D eigenvalue weighted by Crippen LogP contribution is -1.91. The number of hydrogen-bond donors (Lipinski definition) is 0. The first-order chi connectivity index (χ1) is 7.86. The highest BCUT2D eigenvalue weighted by atomic mass is 14.2. The van der Waals surface area contributed by atoms with Gasteiger partial charge in [0.1, 0.15) is 0 Å². The first-order valence-electron chi connectivity index (χ1n) is 5.73. The Morgan fingerprint density at radius 3 is 2.38 bits per heavy atom. The molecule has 0 amide bonds. The number of nitriles is 1. The molecule has 0 spiro atoms. The molecule has 0 unspecified atom stereocenters. The molecule has 0 aliphatic rings. The summed E-state index contributed by atoms with van der Waals surface area (Å²) >= 11 is 0. The summed E-state index contributed by atoms with van der Waals surface area (Å²) in [5, 5.41) is 11.3. The van der Waals surface area contributed by atoms with Crippen molar-refractivity contribution in [2.24, 2.45) is 0 Å². The van der Waals surface area contributed by atoms with Crippen LogP contribution >= 0.6 is 0 Å². The van der Waals surface area contributed by atoms with Crippen molar-refractivity contribution in [1.29, 1.82) is 5.26 Å². The number of hydrogen-bond acceptors (Lipinski definition) is 1. The van der Waals surface area contributed by atoms with E-state index in [1.54, 1.807) is 0 Å². The monoisotopic (exact) mass is 209 g/mol. The van der Waals surface area contributed by atoms with Crippen molar-refractivity contribution in [2.45, 2.75) is 26.2 Å². The van der Waals surface area contributed by atoms with Crippen LogP contribution in [0.4, 0.5) is 0 Å². The minimum atomic E-state index is 0.594. The fraction of sp³-hybridized carbons (Fsp3) is 0.267. The van der Waals surface area contributed by atoms with Crippen LogP contribution in [0, 0.1) is 11.3 Å². The van der Waals surface area contributed by atoms with E-state index in [1.165, 1.54) is 21.9 Å². The Bertz CT molecular complexity index is 529. The lowest BCUT2D eigenvalue weighted by molar-refractivity contribution is 1.02. The molecule has 0 bridgehead atoms. The molecule has 1 nitrogen and oxygen atoms in total. The van der Waals surface area contributed by atoms with Gasteiger partial charge in [0.25, 0.3) is 0 Å². The van der Waals surface area contributed by atoms with Gasteiger partial charge in [-0.05, 0) is 34.7 Å². The van der Waals surface area contributed by atoms with Crippen molar-refractivity contribution in [2.75, 3.05) is 0 Å². The lowest BCUT2D eigenvalue weighted by atomic mass is 9.95. The average molecular weight is 209 g/mol. The van der Waals surface area contributed by atoms with Gasteiger partial charge in [0.15, 0.2) is 0 Å². The van der Waals surface area contributed by atoms with Crippen molar-refractivity contribution in [3.63, 3.8) is 0 Å². The Morgan fingerprint density at radius 1 is 1.06 bits per heavy atom. The standard InChI is InChI=1S/C15H15N/c1-2-12-6-3-7-13-8-4-9-14(15(12)13)10-5-11-16/h3-4,6-9H,2,5,10H2,1H3. The second-order valence-corrected chi connectivity index (χ2v) is 3.94. The van der Waals surface area contributed by atoms with E-state index in [-0.39, 0.29) is 0 Å². The predicted molar refractivity (Wildman–Crippen MR) is 67.3 cm³/mol. The Labute approximate surface area is 96.3 Å². The van der Waals surface area contributed by atoms with Crippen molar-refractivity contribution in [1.82, 2.24) is 0 Å². The van der Waals surface area contributed by atoms with E-state index in [2.05, 4.69) is 49.4 Å². The van der Waals surface area contributed by atoms with Crippen molar-refractivity contribution < 1.29 is 0 Å². The van der Waals surface area contributed by atoms with Gasteiger partial charge in [0.05, 0.1) is 6.07 Å². The first kappa shape index (κ1) is 10.7. The molecular weight excluding hydrogens is 194 g/mol. The van der Waals surface area contributed by atoms with Crippen LogP contribution in [0.15, 0.2) is 36.4 Å². The molecule has 80 valence electrons. The molecule has 0 N–H and O–H groups in total. The van der Waals surface area contributed by atoms with E-state index in [9.17, 15) is 0 Å². The molecule has 2 aromatic carbocycles. The molecule has 0 heterocycles. The van der Waals surface area contributed by atoms with Gasteiger partial charge in [-0.25, -0.2) is 0 Å². The normalized spacial score (nSPS) is 10.2. The summed E-state index contributed by atoms with van der Waals surface area (Å²) in [7, 11) is 0. The second-order valence-electron chi connectivity index (χ2n) is 3.94. The molecule has 0 radical (unpaired) electrons. The molecule has 1 heteroatoms. The van der Waals surface area contributed by atoms with Crippen molar-refractivity contribution in [3.05, 3.63) is 47.5 Å². The average Bonchev–Trinajstić information content (AvgIpc) is 2.35. The Morgan fingerprint density at radius 2 is 1.75 bits per heavy atom. The van der Waals surface area contributed by atoms with E-state index in [0.29, 0.717) is 6.42 Å². The van der Waals surface area contributed by atoms with Crippen molar-refractivity contribution >= 4 is 10.8 Å². The largest absolute Gasteiger partial charge is 0.198 e. The second kappa shape index (κ2) is 4.81. The number of benzene rings is 2. The third-order valence-corrected chi connectivity index (χ3v) is 2.96. The van der Waals surface area contributed by atoms with Gasteiger partial charge < -0.3 is 0 Å².